The lowest BCUT2D eigenvalue weighted by Gasteiger charge is -2.04. The van der Waals surface area contributed by atoms with E-state index < -0.39 is 0 Å². The number of hydrogen-bond acceptors (Lipinski definition) is 2. The fourth-order valence-electron chi connectivity index (χ4n) is 1.72. The summed E-state index contributed by atoms with van der Waals surface area (Å²) in [5.74, 6) is 0.0319. The second kappa shape index (κ2) is 7.40. The topological polar surface area (TPSA) is 26.3 Å². The summed E-state index contributed by atoms with van der Waals surface area (Å²) in [6.07, 6.45) is 0.834. The third-order valence-corrected chi connectivity index (χ3v) is 3.50. The van der Waals surface area contributed by atoms with Gasteiger partial charge in [-0.1, -0.05) is 42.5 Å². The number of Topliss-reactive ketones (excluding diaryl/α,β-unsaturated/α-hetero) is 1. The molecule has 0 radical (unpaired) electrons. The standard InChI is InChI=1S/C16H15IO2/c17-15-8-6-14(7-9-15)16(18)12-19-11-10-13-4-2-1-3-5-13/h1-9H,10-12H2. The lowest BCUT2D eigenvalue weighted by atomic mass is 10.1. The predicted molar refractivity (Wildman–Crippen MR) is 84.5 cm³/mol. The van der Waals surface area contributed by atoms with Crippen molar-refractivity contribution in [2.45, 2.75) is 6.42 Å². The first-order chi connectivity index (χ1) is 9.25. The first-order valence-corrected chi connectivity index (χ1v) is 7.24. The Morgan fingerprint density at radius 2 is 1.68 bits per heavy atom. The van der Waals surface area contributed by atoms with Gasteiger partial charge in [-0.2, -0.15) is 0 Å². The van der Waals surface area contributed by atoms with E-state index in [1.807, 2.05) is 42.5 Å². The van der Waals surface area contributed by atoms with Crippen LogP contribution in [0, 0.1) is 3.57 Å². The lowest BCUT2D eigenvalue weighted by Crippen LogP contribution is -2.10. The van der Waals surface area contributed by atoms with Crippen LogP contribution < -0.4 is 0 Å². The maximum absolute atomic E-state index is 11.8. The Hall–Kier alpha value is -1.20. The van der Waals surface area contributed by atoms with Crippen LogP contribution in [0.4, 0.5) is 0 Å². The molecule has 0 amide bonds. The van der Waals surface area contributed by atoms with E-state index in [4.69, 9.17) is 4.74 Å². The van der Waals surface area contributed by atoms with Crippen LogP contribution in [0.1, 0.15) is 15.9 Å². The molecule has 0 aromatic heterocycles. The molecular formula is C16H15IO2. The summed E-state index contributed by atoms with van der Waals surface area (Å²) in [6, 6.07) is 17.7. The molecule has 2 nitrogen and oxygen atoms in total. The molecule has 0 saturated carbocycles. The number of rotatable bonds is 6. The van der Waals surface area contributed by atoms with Gasteiger partial charge in [0, 0.05) is 9.13 Å². The molecule has 0 bridgehead atoms. The van der Waals surface area contributed by atoms with Gasteiger partial charge in [0.15, 0.2) is 5.78 Å². The van der Waals surface area contributed by atoms with Crippen molar-refractivity contribution in [2.75, 3.05) is 13.2 Å². The minimum Gasteiger partial charge on any atom is -0.373 e. The van der Waals surface area contributed by atoms with Crippen LogP contribution in [-0.4, -0.2) is 19.0 Å². The van der Waals surface area contributed by atoms with Gasteiger partial charge >= 0.3 is 0 Å². The highest BCUT2D eigenvalue weighted by Crippen LogP contribution is 2.07. The summed E-state index contributed by atoms with van der Waals surface area (Å²) in [5.41, 5.74) is 1.93. The Morgan fingerprint density at radius 3 is 2.37 bits per heavy atom. The second-order valence-corrected chi connectivity index (χ2v) is 5.46. The molecule has 0 N–H and O–H groups in total. The quantitative estimate of drug-likeness (QED) is 0.442. The van der Waals surface area contributed by atoms with Gasteiger partial charge < -0.3 is 4.74 Å². The van der Waals surface area contributed by atoms with Gasteiger partial charge in [0.2, 0.25) is 0 Å². The third-order valence-electron chi connectivity index (χ3n) is 2.78. The lowest BCUT2D eigenvalue weighted by molar-refractivity contribution is 0.0765. The van der Waals surface area contributed by atoms with Gasteiger partial charge in [-0.05, 0) is 46.7 Å². The van der Waals surface area contributed by atoms with Crippen LogP contribution in [-0.2, 0) is 11.2 Å². The van der Waals surface area contributed by atoms with Crippen molar-refractivity contribution in [3.05, 3.63) is 69.3 Å². The fourth-order valence-corrected chi connectivity index (χ4v) is 2.08. The highest BCUT2D eigenvalue weighted by Gasteiger charge is 2.05. The monoisotopic (exact) mass is 366 g/mol. The minimum atomic E-state index is 0.0319. The Morgan fingerprint density at radius 1 is 1.00 bits per heavy atom. The number of carbonyl (C=O) groups is 1. The number of ether oxygens (including phenoxy) is 1. The first kappa shape index (κ1) is 14.2. The molecule has 0 spiro atoms. The summed E-state index contributed by atoms with van der Waals surface area (Å²) in [7, 11) is 0. The molecule has 3 heteroatoms. The predicted octanol–water partition coefficient (Wildman–Crippen LogP) is 3.73. The molecule has 0 atom stereocenters. The molecule has 2 rings (SSSR count). The molecular weight excluding hydrogens is 351 g/mol. The van der Waals surface area contributed by atoms with E-state index in [-0.39, 0.29) is 12.4 Å². The van der Waals surface area contributed by atoms with E-state index in [9.17, 15) is 4.79 Å². The van der Waals surface area contributed by atoms with Gasteiger partial charge in [-0.15, -0.1) is 0 Å². The maximum atomic E-state index is 11.8. The van der Waals surface area contributed by atoms with Crippen molar-refractivity contribution in [3.63, 3.8) is 0 Å². The molecule has 19 heavy (non-hydrogen) atoms. The number of ketones is 1. The van der Waals surface area contributed by atoms with Gasteiger partial charge in [0.05, 0.1) is 6.61 Å². The zero-order valence-electron chi connectivity index (χ0n) is 10.5. The summed E-state index contributed by atoms with van der Waals surface area (Å²) < 4.78 is 6.56. The van der Waals surface area contributed by atoms with Crippen molar-refractivity contribution < 1.29 is 9.53 Å². The van der Waals surface area contributed by atoms with Gasteiger partial charge in [-0.25, -0.2) is 0 Å². The average Bonchev–Trinajstić information content (AvgIpc) is 2.45. The first-order valence-electron chi connectivity index (χ1n) is 6.16. The van der Waals surface area contributed by atoms with Crippen LogP contribution in [0.25, 0.3) is 0 Å². The van der Waals surface area contributed by atoms with E-state index in [1.165, 1.54) is 5.56 Å². The van der Waals surface area contributed by atoms with Crippen LogP contribution in [0.5, 0.6) is 0 Å². The largest absolute Gasteiger partial charge is 0.373 e. The molecule has 0 heterocycles. The Balaban J connectivity index is 1.74. The molecule has 2 aromatic carbocycles. The van der Waals surface area contributed by atoms with E-state index in [1.54, 1.807) is 0 Å². The summed E-state index contributed by atoms with van der Waals surface area (Å²) in [6.45, 7) is 0.716. The number of halogens is 1. The van der Waals surface area contributed by atoms with E-state index in [0.29, 0.717) is 12.2 Å². The SMILES string of the molecule is O=C(COCCc1ccccc1)c1ccc(I)cc1. The van der Waals surface area contributed by atoms with Crippen molar-refractivity contribution >= 4 is 28.4 Å². The molecule has 98 valence electrons. The molecule has 0 aliphatic carbocycles. The Labute approximate surface area is 126 Å². The van der Waals surface area contributed by atoms with Crippen LogP contribution in [0.3, 0.4) is 0 Å². The Kier molecular flexibility index (Phi) is 5.54. The molecule has 0 aliphatic rings. The Bertz CT molecular complexity index is 520. The zero-order chi connectivity index (χ0) is 13.5. The average molecular weight is 366 g/mol. The fraction of sp³-hybridized carbons (Fsp3) is 0.188. The van der Waals surface area contributed by atoms with Crippen molar-refractivity contribution in [1.82, 2.24) is 0 Å². The smallest absolute Gasteiger partial charge is 0.188 e. The number of carbonyl (C=O) groups excluding carboxylic acids is 1. The van der Waals surface area contributed by atoms with Crippen molar-refractivity contribution in [2.24, 2.45) is 0 Å². The van der Waals surface area contributed by atoms with Crippen LogP contribution >= 0.6 is 22.6 Å². The third kappa shape index (κ3) is 4.76. The van der Waals surface area contributed by atoms with Gasteiger partial charge in [0.25, 0.3) is 0 Å². The van der Waals surface area contributed by atoms with E-state index >= 15 is 0 Å². The molecule has 0 unspecified atom stereocenters. The summed E-state index contributed by atoms with van der Waals surface area (Å²) in [5, 5.41) is 0. The number of hydrogen-bond donors (Lipinski definition) is 0. The highest BCUT2D eigenvalue weighted by atomic mass is 127. The van der Waals surface area contributed by atoms with Crippen LogP contribution in [0.15, 0.2) is 54.6 Å². The van der Waals surface area contributed by atoms with Crippen molar-refractivity contribution in [3.8, 4) is 0 Å². The molecule has 0 aliphatic heterocycles. The van der Waals surface area contributed by atoms with Crippen molar-refractivity contribution in [1.29, 1.82) is 0 Å². The molecule has 2 aromatic rings. The summed E-state index contributed by atoms with van der Waals surface area (Å²) in [4.78, 5) is 11.8. The molecule has 0 saturated heterocycles. The van der Waals surface area contributed by atoms with Gasteiger partial charge in [-0.3, -0.25) is 4.79 Å². The molecule has 0 fully saturated rings. The second-order valence-electron chi connectivity index (χ2n) is 4.22. The zero-order valence-corrected chi connectivity index (χ0v) is 12.7. The van der Waals surface area contributed by atoms with Gasteiger partial charge in [0.1, 0.15) is 6.61 Å². The minimum absolute atomic E-state index is 0.0319. The number of benzene rings is 2. The normalized spacial score (nSPS) is 10.4. The van der Waals surface area contributed by atoms with E-state index in [0.717, 1.165) is 9.99 Å². The van der Waals surface area contributed by atoms with Crippen LogP contribution in [0.2, 0.25) is 0 Å². The van der Waals surface area contributed by atoms with E-state index in [2.05, 4.69) is 34.7 Å². The highest BCUT2D eigenvalue weighted by molar-refractivity contribution is 14.1. The maximum Gasteiger partial charge on any atom is 0.188 e. The summed E-state index contributed by atoms with van der Waals surface area (Å²) >= 11 is 2.22.